The summed E-state index contributed by atoms with van der Waals surface area (Å²) in [7, 11) is 0. The molecule has 0 aliphatic heterocycles. The molecule has 0 fully saturated rings. The lowest BCUT2D eigenvalue weighted by atomic mass is 10.1. The van der Waals surface area contributed by atoms with Gasteiger partial charge in [-0.2, -0.15) is 0 Å². The number of halogens is 1. The fourth-order valence-electron chi connectivity index (χ4n) is 2.30. The van der Waals surface area contributed by atoms with Crippen LogP contribution in [0.1, 0.15) is 11.1 Å². The second-order valence-corrected chi connectivity index (χ2v) is 6.71. The fourth-order valence-corrected chi connectivity index (χ4v) is 3.85. The summed E-state index contributed by atoms with van der Waals surface area (Å²) in [5.41, 5.74) is 3.97. The molecule has 0 aliphatic rings. The van der Waals surface area contributed by atoms with Gasteiger partial charge in [-0.15, -0.1) is 11.3 Å². The Hall–Kier alpha value is -1.66. The summed E-state index contributed by atoms with van der Waals surface area (Å²) in [5.74, 6) is -0.180. The first-order valence-corrected chi connectivity index (χ1v) is 8.07. The summed E-state index contributed by atoms with van der Waals surface area (Å²) in [4.78, 5) is 16.8. The number of aryl methyl sites for hydroxylation is 2. The summed E-state index contributed by atoms with van der Waals surface area (Å²) in [5, 5.41) is 11.2. The molecule has 6 heteroatoms. The van der Waals surface area contributed by atoms with Crippen LogP contribution >= 0.6 is 27.3 Å². The third-order valence-electron chi connectivity index (χ3n) is 3.48. The van der Waals surface area contributed by atoms with Crippen LogP contribution < -0.4 is 0 Å². The maximum Gasteiger partial charge on any atom is 0.323 e. The molecule has 3 aromatic rings. The van der Waals surface area contributed by atoms with Crippen molar-refractivity contribution >= 4 is 44.3 Å². The van der Waals surface area contributed by atoms with Crippen molar-refractivity contribution in [1.29, 1.82) is 0 Å². The molecule has 0 saturated heterocycles. The molecule has 108 valence electrons. The molecule has 1 N–H and O–H groups in total. The van der Waals surface area contributed by atoms with E-state index in [1.165, 1.54) is 0 Å². The molecule has 0 radical (unpaired) electrons. The van der Waals surface area contributed by atoms with Gasteiger partial charge in [-0.05, 0) is 64.5 Å². The molecule has 4 nitrogen and oxygen atoms in total. The van der Waals surface area contributed by atoms with Gasteiger partial charge >= 0.3 is 5.97 Å². The van der Waals surface area contributed by atoms with E-state index >= 15 is 0 Å². The SMILES string of the molecule is Cc1cc2nc(-c3sccc3Br)n(CC(=O)O)c2cc1C. The molecule has 0 atom stereocenters. The molecule has 2 heterocycles. The Balaban J connectivity index is 2.33. The van der Waals surface area contributed by atoms with Crippen molar-refractivity contribution in [2.45, 2.75) is 20.4 Å². The number of fused-ring (bicyclic) bond motifs is 1. The van der Waals surface area contributed by atoms with Crippen molar-refractivity contribution in [1.82, 2.24) is 9.55 Å². The maximum absolute atomic E-state index is 11.2. The Morgan fingerprint density at radius 3 is 2.71 bits per heavy atom. The molecule has 3 rings (SSSR count). The molecule has 0 saturated carbocycles. The quantitative estimate of drug-likeness (QED) is 0.756. The smallest absolute Gasteiger partial charge is 0.323 e. The van der Waals surface area contributed by atoms with Crippen LogP contribution in [0.25, 0.3) is 21.7 Å². The number of hydrogen-bond acceptors (Lipinski definition) is 3. The Bertz CT molecular complexity index is 851. The predicted octanol–water partition coefficient (Wildman–Crippen LogP) is 4.23. The molecule has 1 aromatic carbocycles. The topological polar surface area (TPSA) is 55.1 Å². The highest BCUT2D eigenvalue weighted by Gasteiger charge is 2.18. The largest absolute Gasteiger partial charge is 0.480 e. The van der Waals surface area contributed by atoms with Crippen LogP contribution in [0.2, 0.25) is 0 Å². The number of thiophene rings is 1. The summed E-state index contributed by atoms with van der Waals surface area (Å²) in [6.07, 6.45) is 0. The van der Waals surface area contributed by atoms with Crippen LogP contribution in [0.3, 0.4) is 0 Å². The van der Waals surface area contributed by atoms with Gasteiger partial charge in [0.05, 0.1) is 15.9 Å². The van der Waals surface area contributed by atoms with Gasteiger partial charge in [0.25, 0.3) is 0 Å². The standard InChI is InChI=1S/C15H13BrN2O2S/c1-8-5-11-12(6-9(8)2)18(7-13(19)20)15(17-11)14-10(16)3-4-21-14/h3-6H,7H2,1-2H3,(H,19,20). The van der Waals surface area contributed by atoms with Gasteiger partial charge < -0.3 is 9.67 Å². The highest BCUT2D eigenvalue weighted by molar-refractivity contribution is 9.10. The van der Waals surface area contributed by atoms with Crippen molar-refractivity contribution in [2.75, 3.05) is 0 Å². The summed E-state index contributed by atoms with van der Waals surface area (Å²) >= 11 is 5.04. The first-order chi connectivity index (χ1) is 9.97. The average molecular weight is 365 g/mol. The first-order valence-electron chi connectivity index (χ1n) is 6.40. The fraction of sp³-hybridized carbons (Fsp3) is 0.200. The number of carboxylic acids is 1. The van der Waals surface area contributed by atoms with E-state index in [1.54, 1.807) is 15.9 Å². The average Bonchev–Trinajstić information content (AvgIpc) is 2.95. The Labute approximate surface area is 134 Å². The normalized spacial score (nSPS) is 11.2. The number of carbonyl (C=O) groups is 1. The number of aliphatic carboxylic acids is 1. The van der Waals surface area contributed by atoms with E-state index in [4.69, 9.17) is 0 Å². The highest BCUT2D eigenvalue weighted by Crippen LogP contribution is 2.35. The molecular formula is C15H13BrN2O2S. The second kappa shape index (κ2) is 5.27. The summed E-state index contributed by atoms with van der Waals surface area (Å²) in [6, 6.07) is 5.96. The molecule has 0 spiro atoms. The molecule has 2 aromatic heterocycles. The minimum Gasteiger partial charge on any atom is -0.480 e. The lowest BCUT2D eigenvalue weighted by Crippen LogP contribution is -2.09. The van der Waals surface area contributed by atoms with Crippen molar-refractivity contribution in [3.05, 3.63) is 39.2 Å². The predicted molar refractivity (Wildman–Crippen MR) is 87.9 cm³/mol. The zero-order chi connectivity index (χ0) is 15.1. The third kappa shape index (κ3) is 2.49. The molecule has 0 bridgehead atoms. The number of rotatable bonds is 3. The zero-order valence-electron chi connectivity index (χ0n) is 11.6. The number of carboxylic acid groups (broad SMARTS) is 1. The number of hydrogen-bond donors (Lipinski definition) is 1. The number of aromatic nitrogens is 2. The van der Waals surface area contributed by atoms with Crippen LogP contribution in [0.15, 0.2) is 28.1 Å². The van der Waals surface area contributed by atoms with Gasteiger partial charge in [-0.25, -0.2) is 4.98 Å². The molecule has 0 aliphatic carbocycles. The van der Waals surface area contributed by atoms with Gasteiger partial charge in [-0.3, -0.25) is 4.79 Å². The van der Waals surface area contributed by atoms with Gasteiger partial charge in [0.2, 0.25) is 0 Å². The van der Waals surface area contributed by atoms with E-state index in [1.807, 2.05) is 37.4 Å². The monoisotopic (exact) mass is 364 g/mol. The van der Waals surface area contributed by atoms with Gasteiger partial charge in [0, 0.05) is 4.47 Å². The summed E-state index contributed by atoms with van der Waals surface area (Å²) in [6.45, 7) is 3.96. The minimum absolute atomic E-state index is 0.0985. The third-order valence-corrected chi connectivity index (χ3v) is 5.31. The second-order valence-electron chi connectivity index (χ2n) is 4.94. The Morgan fingerprint density at radius 2 is 2.10 bits per heavy atom. The minimum atomic E-state index is -0.874. The van der Waals surface area contributed by atoms with E-state index < -0.39 is 5.97 Å². The van der Waals surface area contributed by atoms with Crippen molar-refractivity contribution in [2.24, 2.45) is 0 Å². The van der Waals surface area contributed by atoms with Gasteiger partial charge in [0.1, 0.15) is 6.54 Å². The Kier molecular flexibility index (Phi) is 3.59. The van der Waals surface area contributed by atoms with Crippen LogP contribution in [-0.2, 0) is 11.3 Å². The van der Waals surface area contributed by atoms with Crippen LogP contribution in [0, 0.1) is 13.8 Å². The number of imidazole rings is 1. The van der Waals surface area contributed by atoms with Gasteiger partial charge in [-0.1, -0.05) is 0 Å². The van der Waals surface area contributed by atoms with E-state index in [2.05, 4.69) is 20.9 Å². The van der Waals surface area contributed by atoms with Crippen LogP contribution in [-0.4, -0.2) is 20.6 Å². The van der Waals surface area contributed by atoms with Crippen molar-refractivity contribution in [3.63, 3.8) is 0 Å². The first kappa shape index (κ1) is 14.3. The number of nitrogens with zero attached hydrogens (tertiary/aromatic N) is 2. The van der Waals surface area contributed by atoms with Crippen LogP contribution in [0.5, 0.6) is 0 Å². The Morgan fingerprint density at radius 1 is 1.38 bits per heavy atom. The molecular weight excluding hydrogens is 352 g/mol. The van der Waals surface area contributed by atoms with Crippen LogP contribution in [0.4, 0.5) is 0 Å². The molecule has 21 heavy (non-hydrogen) atoms. The van der Waals surface area contributed by atoms with Crippen molar-refractivity contribution < 1.29 is 9.90 Å². The van der Waals surface area contributed by atoms with E-state index in [-0.39, 0.29) is 6.54 Å². The molecule has 0 unspecified atom stereocenters. The molecule has 0 amide bonds. The highest BCUT2D eigenvalue weighted by atomic mass is 79.9. The lowest BCUT2D eigenvalue weighted by Gasteiger charge is -2.06. The zero-order valence-corrected chi connectivity index (χ0v) is 14.0. The van der Waals surface area contributed by atoms with E-state index in [0.29, 0.717) is 5.82 Å². The lowest BCUT2D eigenvalue weighted by molar-refractivity contribution is -0.137. The maximum atomic E-state index is 11.2. The van der Waals surface area contributed by atoms with Gasteiger partial charge in [0.15, 0.2) is 5.82 Å². The van der Waals surface area contributed by atoms with E-state index in [9.17, 15) is 9.90 Å². The summed E-state index contributed by atoms with van der Waals surface area (Å²) < 4.78 is 2.70. The van der Waals surface area contributed by atoms with E-state index in [0.717, 1.165) is 31.5 Å². The van der Waals surface area contributed by atoms with Crippen molar-refractivity contribution in [3.8, 4) is 10.7 Å². The number of benzene rings is 1.